The first kappa shape index (κ1) is 23.4. The van der Waals surface area contributed by atoms with Gasteiger partial charge in [0.05, 0.1) is 16.8 Å². The van der Waals surface area contributed by atoms with Crippen molar-refractivity contribution in [1.82, 2.24) is 15.0 Å². The van der Waals surface area contributed by atoms with Gasteiger partial charge in [-0.25, -0.2) is 14.3 Å². The van der Waals surface area contributed by atoms with Crippen molar-refractivity contribution in [2.75, 3.05) is 0 Å². The summed E-state index contributed by atoms with van der Waals surface area (Å²) >= 11 is 4.18. The molecule has 33 heavy (non-hydrogen) atoms. The van der Waals surface area contributed by atoms with Crippen molar-refractivity contribution in [2.45, 2.75) is 13.2 Å². The number of halogens is 2. The van der Waals surface area contributed by atoms with Crippen LogP contribution in [0.15, 0.2) is 78.9 Å². The van der Waals surface area contributed by atoms with E-state index in [0.717, 1.165) is 12.8 Å². The Hall–Kier alpha value is -2.80. The molecular weight excluding hydrogens is 648 g/mol. The fourth-order valence-electron chi connectivity index (χ4n) is 3.04. The minimum atomic E-state index is -0.462. The topological polar surface area (TPSA) is 83.3 Å². The Bertz CT molecular complexity index is 1290. The minimum absolute atomic E-state index is 0.0819. The van der Waals surface area contributed by atoms with Crippen LogP contribution < -0.4 is 0 Å². The van der Waals surface area contributed by atoms with E-state index < -0.39 is 11.9 Å². The Balaban J connectivity index is 1.56. The molecule has 0 aliphatic rings. The Kier molecular flexibility index (Phi) is 7.70. The molecule has 1 aromatic heterocycles. The van der Waals surface area contributed by atoms with Crippen molar-refractivity contribution < 1.29 is 19.1 Å². The molecular formula is C24H17I2N3O4. The average Bonchev–Trinajstić information content (AvgIpc) is 3.25. The molecule has 0 aliphatic heterocycles. The third kappa shape index (κ3) is 5.58. The summed E-state index contributed by atoms with van der Waals surface area (Å²) in [5.41, 5.74) is 2.63. The summed E-state index contributed by atoms with van der Waals surface area (Å²) < 4.78 is 14.2. The molecule has 0 unspecified atom stereocenters. The molecule has 0 N–H and O–H groups in total. The summed E-state index contributed by atoms with van der Waals surface area (Å²) in [6.07, 6.45) is 0. The number of carbonyl (C=O) groups is 2. The number of benzene rings is 3. The van der Waals surface area contributed by atoms with Crippen molar-refractivity contribution in [3.63, 3.8) is 0 Å². The second-order valence-electron chi connectivity index (χ2n) is 6.84. The Morgan fingerprint density at radius 1 is 0.727 bits per heavy atom. The first-order chi connectivity index (χ1) is 16.0. The molecule has 0 fully saturated rings. The molecule has 0 spiro atoms. The SMILES string of the molecule is O=C(OCc1nnn(-c2ccccc2)c1COC(=O)c1ccccc1I)c1ccccc1I. The zero-order chi connectivity index (χ0) is 23.2. The number of carbonyl (C=O) groups excluding carboxylic acids is 2. The molecule has 4 aromatic rings. The second-order valence-corrected chi connectivity index (χ2v) is 9.17. The van der Waals surface area contributed by atoms with Gasteiger partial charge in [0, 0.05) is 7.14 Å². The maximum atomic E-state index is 12.6. The highest BCUT2D eigenvalue weighted by molar-refractivity contribution is 14.1. The Labute approximate surface area is 217 Å². The van der Waals surface area contributed by atoms with Gasteiger partial charge in [-0.2, -0.15) is 0 Å². The van der Waals surface area contributed by atoms with Crippen molar-refractivity contribution in [3.8, 4) is 5.69 Å². The molecule has 0 atom stereocenters. The Morgan fingerprint density at radius 3 is 1.82 bits per heavy atom. The number of nitrogens with zero attached hydrogens (tertiary/aromatic N) is 3. The number of aromatic nitrogens is 3. The van der Waals surface area contributed by atoms with Gasteiger partial charge in [0.2, 0.25) is 0 Å². The number of ether oxygens (including phenoxy) is 2. The van der Waals surface area contributed by atoms with E-state index >= 15 is 0 Å². The summed E-state index contributed by atoms with van der Waals surface area (Å²) in [7, 11) is 0. The van der Waals surface area contributed by atoms with Crippen LogP contribution in [-0.2, 0) is 22.7 Å². The lowest BCUT2D eigenvalue weighted by molar-refractivity contribution is 0.0426. The van der Waals surface area contributed by atoms with Crippen LogP contribution in [0, 0.1) is 7.14 Å². The molecule has 0 bridgehead atoms. The van der Waals surface area contributed by atoms with Gasteiger partial charge >= 0.3 is 11.9 Å². The quantitative estimate of drug-likeness (QED) is 0.200. The van der Waals surface area contributed by atoms with Gasteiger partial charge in [0.25, 0.3) is 0 Å². The predicted octanol–water partition coefficient (Wildman–Crippen LogP) is 5.19. The van der Waals surface area contributed by atoms with Crippen molar-refractivity contribution in [3.05, 3.63) is 109 Å². The highest BCUT2D eigenvalue weighted by atomic mass is 127. The van der Waals surface area contributed by atoms with Crippen molar-refractivity contribution in [2.24, 2.45) is 0 Å². The van der Waals surface area contributed by atoms with E-state index in [1.807, 2.05) is 54.6 Å². The molecule has 0 amide bonds. The molecule has 7 nitrogen and oxygen atoms in total. The Morgan fingerprint density at radius 2 is 1.24 bits per heavy atom. The smallest absolute Gasteiger partial charge is 0.339 e. The fraction of sp³-hybridized carbons (Fsp3) is 0.0833. The lowest BCUT2D eigenvalue weighted by atomic mass is 10.2. The molecule has 1 heterocycles. The maximum absolute atomic E-state index is 12.6. The van der Waals surface area contributed by atoms with E-state index in [0.29, 0.717) is 22.5 Å². The standard InChI is InChI=1S/C24H17I2N3O4/c25-19-12-6-4-10-17(19)23(30)32-14-21-22(29(28-27-21)16-8-2-1-3-9-16)15-33-24(31)18-11-5-7-13-20(18)26/h1-13H,14-15H2. The van der Waals surface area contributed by atoms with Gasteiger partial charge in [-0.05, 0) is 81.6 Å². The van der Waals surface area contributed by atoms with Crippen LogP contribution in [0.2, 0.25) is 0 Å². The van der Waals surface area contributed by atoms with Crippen LogP contribution >= 0.6 is 45.2 Å². The molecule has 166 valence electrons. The van der Waals surface area contributed by atoms with E-state index in [1.54, 1.807) is 28.9 Å². The summed E-state index contributed by atoms with van der Waals surface area (Å²) in [6, 6.07) is 23.7. The van der Waals surface area contributed by atoms with Gasteiger partial charge < -0.3 is 9.47 Å². The van der Waals surface area contributed by atoms with E-state index in [2.05, 4.69) is 55.5 Å². The van der Waals surface area contributed by atoms with Gasteiger partial charge in [0.15, 0.2) is 0 Å². The highest BCUT2D eigenvalue weighted by Crippen LogP contribution is 2.19. The summed E-state index contributed by atoms with van der Waals surface area (Å²) in [5.74, 6) is -0.918. The van der Waals surface area contributed by atoms with E-state index in [1.165, 1.54) is 0 Å². The van der Waals surface area contributed by atoms with Gasteiger partial charge in [-0.3, -0.25) is 0 Å². The normalized spacial score (nSPS) is 10.6. The number of hydrogen-bond donors (Lipinski definition) is 0. The van der Waals surface area contributed by atoms with Crippen LogP contribution in [0.25, 0.3) is 5.69 Å². The lowest BCUT2D eigenvalue weighted by Crippen LogP contribution is -2.13. The van der Waals surface area contributed by atoms with E-state index in [4.69, 9.17) is 9.47 Å². The number of hydrogen-bond acceptors (Lipinski definition) is 6. The highest BCUT2D eigenvalue weighted by Gasteiger charge is 2.20. The zero-order valence-electron chi connectivity index (χ0n) is 17.2. The van der Waals surface area contributed by atoms with Crippen molar-refractivity contribution >= 4 is 57.1 Å². The largest absolute Gasteiger partial charge is 0.455 e. The number of rotatable bonds is 7. The summed E-state index contributed by atoms with van der Waals surface area (Å²) in [4.78, 5) is 25.2. The maximum Gasteiger partial charge on any atom is 0.339 e. The van der Waals surface area contributed by atoms with Crippen LogP contribution in [0.3, 0.4) is 0 Å². The van der Waals surface area contributed by atoms with Crippen LogP contribution in [-0.4, -0.2) is 26.9 Å². The van der Waals surface area contributed by atoms with Gasteiger partial charge in [0.1, 0.15) is 24.6 Å². The van der Waals surface area contributed by atoms with E-state index in [-0.39, 0.29) is 13.2 Å². The minimum Gasteiger partial charge on any atom is -0.455 e. The lowest BCUT2D eigenvalue weighted by Gasteiger charge is -2.11. The monoisotopic (exact) mass is 665 g/mol. The first-order valence-corrected chi connectivity index (χ1v) is 12.0. The fourth-order valence-corrected chi connectivity index (χ4v) is 4.26. The van der Waals surface area contributed by atoms with Gasteiger partial charge in [-0.15, -0.1) is 5.10 Å². The molecule has 9 heteroatoms. The summed E-state index contributed by atoms with van der Waals surface area (Å²) in [6.45, 7) is -0.187. The number of para-hydroxylation sites is 1. The number of esters is 2. The zero-order valence-corrected chi connectivity index (χ0v) is 21.5. The third-order valence-electron chi connectivity index (χ3n) is 4.71. The van der Waals surface area contributed by atoms with Crippen LogP contribution in [0.5, 0.6) is 0 Å². The third-order valence-corrected chi connectivity index (χ3v) is 6.59. The van der Waals surface area contributed by atoms with Crippen LogP contribution in [0.1, 0.15) is 32.1 Å². The molecule has 4 rings (SSSR count). The average molecular weight is 665 g/mol. The van der Waals surface area contributed by atoms with Crippen LogP contribution in [0.4, 0.5) is 0 Å². The molecule has 0 saturated carbocycles. The second kappa shape index (κ2) is 10.9. The summed E-state index contributed by atoms with van der Waals surface area (Å²) in [5, 5.41) is 8.39. The molecule has 0 radical (unpaired) electrons. The van der Waals surface area contributed by atoms with Gasteiger partial charge in [-0.1, -0.05) is 47.7 Å². The molecule has 0 aliphatic carbocycles. The van der Waals surface area contributed by atoms with E-state index in [9.17, 15) is 9.59 Å². The molecule has 0 saturated heterocycles. The molecule has 3 aromatic carbocycles. The van der Waals surface area contributed by atoms with Crippen molar-refractivity contribution in [1.29, 1.82) is 0 Å². The first-order valence-electron chi connectivity index (χ1n) is 9.87. The predicted molar refractivity (Wildman–Crippen MR) is 138 cm³/mol.